The van der Waals surface area contributed by atoms with Crippen LogP contribution in [0.1, 0.15) is 11.3 Å². The second-order valence-electron chi connectivity index (χ2n) is 4.45. The van der Waals surface area contributed by atoms with Crippen LogP contribution in [0.3, 0.4) is 0 Å². The molecule has 2 N–H and O–H groups in total. The fraction of sp³-hybridized carbons (Fsp3) is 0.214. The second kappa shape index (κ2) is 4.13. The van der Waals surface area contributed by atoms with Gasteiger partial charge in [-0.2, -0.15) is 0 Å². The Hall–Kier alpha value is -1.38. The van der Waals surface area contributed by atoms with Crippen molar-refractivity contribution < 1.29 is 0 Å². The highest BCUT2D eigenvalue weighted by Gasteiger charge is 2.20. The molecule has 1 heterocycles. The predicted molar refractivity (Wildman–Crippen MR) is 70.1 cm³/mol. The molecule has 0 aliphatic heterocycles. The van der Waals surface area contributed by atoms with Crippen LogP contribution in [0.5, 0.6) is 0 Å². The highest BCUT2D eigenvalue weighted by molar-refractivity contribution is 6.33. The molecule has 0 amide bonds. The largest absolute Gasteiger partial charge is 0.327 e. The fourth-order valence-corrected chi connectivity index (χ4v) is 2.55. The maximum atomic E-state index is 6.17. The maximum Gasteiger partial charge on any atom is 0.0720 e. The van der Waals surface area contributed by atoms with E-state index >= 15 is 0 Å². The molecule has 86 valence electrons. The Bertz CT molecular complexity index is 566. The van der Waals surface area contributed by atoms with E-state index in [0.717, 1.165) is 34.8 Å². The molecule has 0 radical (unpaired) electrons. The summed E-state index contributed by atoms with van der Waals surface area (Å²) in [5.74, 6) is 0. The zero-order valence-corrected chi connectivity index (χ0v) is 10.1. The number of pyridine rings is 1. The van der Waals surface area contributed by atoms with Gasteiger partial charge in [0.25, 0.3) is 0 Å². The average Bonchev–Trinajstić information content (AvgIpc) is 2.68. The van der Waals surface area contributed by atoms with Crippen LogP contribution in [0.4, 0.5) is 0 Å². The SMILES string of the molecule is NC1Cc2ccc(-c3ccccc3Cl)nc2C1. The van der Waals surface area contributed by atoms with Gasteiger partial charge in [0.2, 0.25) is 0 Å². The summed E-state index contributed by atoms with van der Waals surface area (Å²) in [5.41, 5.74) is 10.2. The van der Waals surface area contributed by atoms with E-state index in [1.165, 1.54) is 5.56 Å². The molecule has 1 aliphatic rings. The van der Waals surface area contributed by atoms with Gasteiger partial charge in [-0.3, -0.25) is 4.98 Å². The van der Waals surface area contributed by atoms with Crippen molar-refractivity contribution in [2.24, 2.45) is 5.73 Å². The summed E-state index contributed by atoms with van der Waals surface area (Å²) in [5, 5.41) is 0.738. The molecule has 2 nitrogen and oxygen atoms in total. The molecular formula is C14H13ClN2. The molecule has 1 aromatic carbocycles. The molecular weight excluding hydrogens is 232 g/mol. The van der Waals surface area contributed by atoms with Crippen molar-refractivity contribution in [3.05, 3.63) is 52.7 Å². The number of hydrogen-bond acceptors (Lipinski definition) is 2. The molecule has 1 atom stereocenters. The third-order valence-corrected chi connectivity index (χ3v) is 3.49. The van der Waals surface area contributed by atoms with Crippen LogP contribution in [-0.2, 0) is 12.8 Å². The predicted octanol–water partition coefficient (Wildman–Crippen LogP) is 2.83. The quantitative estimate of drug-likeness (QED) is 0.838. The van der Waals surface area contributed by atoms with Crippen molar-refractivity contribution in [3.8, 4) is 11.3 Å². The topological polar surface area (TPSA) is 38.9 Å². The van der Waals surface area contributed by atoms with Gasteiger partial charge < -0.3 is 5.73 Å². The summed E-state index contributed by atoms with van der Waals surface area (Å²) in [6.07, 6.45) is 1.80. The lowest BCUT2D eigenvalue weighted by Gasteiger charge is -2.05. The monoisotopic (exact) mass is 244 g/mol. The minimum absolute atomic E-state index is 0.221. The Labute approximate surface area is 105 Å². The summed E-state index contributed by atoms with van der Waals surface area (Å²) in [4.78, 5) is 4.67. The Kier molecular flexibility index (Phi) is 2.61. The van der Waals surface area contributed by atoms with Gasteiger partial charge in [0, 0.05) is 28.7 Å². The highest BCUT2D eigenvalue weighted by atomic mass is 35.5. The van der Waals surface area contributed by atoms with E-state index in [0.29, 0.717) is 0 Å². The van der Waals surface area contributed by atoms with Crippen LogP contribution >= 0.6 is 11.6 Å². The summed E-state index contributed by atoms with van der Waals surface area (Å²) < 4.78 is 0. The van der Waals surface area contributed by atoms with E-state index in [4.69, 9.17) is 17.3 Å². The van der Waals surface area contributed by atoms with Crippen LogP contribution in [0.15, 0.2) is 36.4 Å². The number of halogens is 1. The molecule has 1 aromatic heterocycles. The third kappa shape index (κ3) is 1.94. The first-order valence-corrected chi connectivity index (χ1v) is 6.11. The van der Waals surface area contributed by atoms with Crippen LogP contribution < -0.4 is 5.73 Å². The van der Waals surface area contributed by atoms with E-state index in [1.54, 1.807) is 0 Å². The molecule has 17 heavy (non-hydrogen) atoms. The minimum atomic E-state index is 0.221. The lowest BCUT2D eigenvalue weighted by atomic mass is 10.1. The minimum Gasteiger partial charge on any atom is -0.327 e. The molecule has 1 unspecified atom stereocenters. The van der Waals surface area contributed by atoms with Crippen molar-refractivity contribution in [1.29, 1.82) is 0 Å². The molecule has 3 rings (SSSR count). The Morgan fingerprint density at radius 1 is 1.12 bits per heavy atom. The zero-order valence-electron chi connectivity index (χ0n) is 9.36. The van der Waals surface area contributed by atoms with Gasteiger partial charge in [0.05, 0.1) is 5.69 Å². The number of benzene rings is 1. The smallest absolute Gasteiger partial charge is 0.0720 e. The van der Waals surface area contributed by atoms with Crippen molar-refractivity contribution in [1.82, 2.24) is 4.98 Å². The van der Waals surface area contributed by atoms with Gasteiger partial charge >= 0.3 is 0 Å². The van der Waals surface area contributed by atoms with Crippen molar-refractivity contribution >= 4 is 11.6 Å². The van der Waals surface area contributed by atoms with Crippen LogP contribution in [0, 0.1) is 0 Å². The van der Waals surface area contributed by atoms with E-state index in [2.05, 4.69) is 11.1 Å². The van der Waals surface area contributed by atoms with E-state index < -0.39 is 0 Å². The Morgan fingerprint density at radius 3 is 2.76 bits per heavy atom. The molecule has 0 saturated heterocycles. The maximum absolute atomic E-state index is 6.17. The summed E-state index contributed by atoms with van der Waals surface area (Å²) in [6, 6.07) is 12.1. The molecule has 0 spiro atoms. The zero-order chi connectivity index (χ0) is 11.8. The fourth-order valence-electron chi connectivity index (χ4n) is 2.31. The first-order chi connectivity index (χ1) is 8.24. The van der Waals surface area contributed by atoms with Gasteiger partial charge in [0.15, 0.2) is 0 Å². The summed E-state index contributed by atoms with van der Waals surface area (Å²) in [7, 11) is 0. The average molecular weight is 245 g/mol. The van der Waals surface area contributed by atoms with Crippen molar-refractivity contribution in [2.75, 3.05) is 0 Å². The third-order valence-electron chi connectivity index (χ3n) is 3.16. The molecule has 2 aromatic rings. The van der Waals surface area contributed by atoms with E-state index in [1.807, 2.05) is 30.3 Å². The van der Waals surface area contributed by atoms with E-state index in [-0.39, 0.29) is 6.04 Å². The number of aromatic nitrogens is 1. The van der Waals surface area contributed by atoms with Crippen molar-refractivity contribution in [2.45, 2.75) is 18.9 Å². The summed E-state index contributed by atoms with van der Waals surface area (Å²) >= 11 is 6.17. The highest BCUT2D eigenvalue weighted by Crippen LogP contribution is 2.28. The molecule has 0 saturated carbocycles. The standard InChI is InChI=1S/C14H13ClN2/c15-12-4-2-1-3-11(12)13-6-5-9-7-10(16)8-14(9)17-13/h1-6,10H,7-8,16H2. The lowest BCUT2D eigenvalue weighted by Crippen LogP contribution is -2.19. The first-order valence-electron chi connectivity index (χ1n) is 5.73. The normalized spacial score (nSPS) is 18.1. The first kappa shape index (κ1) is 10.8. The number of hydrogen-bond donors (Lipinski definition) is 1. The molecule has 0 bridgehead atoms. The Morgan fingerprint density at radius 2 is 1.94 bits per heavy atom. The number of fused-ring (bicyclic) bond motifs is 1. The summed E-state index contributed by atoms with van der Waals surface area (Å²) in [6.45, 7) is 0. The number of rotatable bonds is 1. The molecule has 0 fully saturated rings. The number of nitrogens with two attached hydrogens (primary N) is 1. The number of nitrogens with zero attached hydrogens (tertiary/aromatic N) is 1. The van der Waals surface area contributed by atoms with E-state index in [9.17, 15) is 0 Å². The molecule has 3 heteroatoms. The Balaban J connectivity index is 2.07. The van der Waals surface area contributed by atoms with Gasteiger partial charge in [0.1, 0.15) is 0 Å². The lowest BCUT2D eigenvalue weighted by molar-refractivity contribution is 0.716. The van der Waals surface area contributed by atoms with Gasteiger partial charge in [-0.25, -0.2) is 0 Å². The van der Waals surface area contributed by atoms with Gasteiger partial charge in [-0.15, -0.1) is 0 Å². The van der Waals surface area contributed by atoms with Gasteiger partial charge in [-0.1, -0.05) is 35.9 Å². The van der Waals surface area contributed by atoms with Gasteiger partial charge in [-0.05, 0) is 24.1 Å². The van der Waals surface area contributed by atoms with Crippen LogP contribution in [0.2, 0.25) is 5.02 Å². The van der Waals surface area contributed by atoms with Crippen molar-refractivity contribution in [3.63, 3.8) is 0 Å². The second-order valence-corrected chi connectivity index (χ2v) is 4.86. The molecule has 1 aliphatic carbocycles. The van der Waals surface area contributed by atoms with Crippen LogP contribution in [0.25, 0.3) is 11.3 Å². The van der Waals surface area contributed by atoms with Crippen LogP contribution in [-0.4, -0.2) is 11.0 Å².